The van der Waals surface area contributed by atoms with Gasteiger partial charge >= 0.3 is 0 Å². The van der Waals surface area contributed by atoms with Gasteiger partial charge in [-0.1, -0.05) is 18.2 Å². The number of aromatic nitrogens is 1. The fourth-order valence-electron chi connectivity index (χ4n) is 2.00. The normalized spacial score (nSPS) is 10.8. The first kappa shape index (κ1) is 11.6. The lowest BCUT2D eigenvalue weighted by Gasteiger charge is -1.96. The molecule has 3 rings (SSSR count). The summed E-state index contributed by atoms with van der Waals surface area (Å²) in [5, 5.41) is 0.854. The predicted octanol–water partition coefficient (Wildman–Crippen LogP) is 3.51. The lowest BCUT2D eigenvalue weighted by molar-refractivity contribution is 0.101. The summed E-state index contributed by atoms with van der Waals surface area (Å²) < 4.78 is 18.6. The average Bonchev–Trinajstić information content (AvgIpc) is 2.83. The molecule has 0 aliphatic rings. The Hall–Kier alpha value is -2.49. The third kappa shape index (κ3) is 2.01. The number of hydrogen-bond acceptors (Lipinski definition) is 3. The molecule has 0 saturated heterocycles. The highest BCUT2D eigenvalue weighted by molar-refractivity contribution is 6.08. The summed E-state index contributed by atoms with van der Waals surface area (Å²) in [5.41, 5.74) is 1.81. The van der Waals surface area contributed by atoms with E-state index >= 15 is 0 Å². The van der Waals surface area contributed by atoms with Gasteiger partial charge in [-0.15, -0.1) is 0 Å². The number of rotatable bonds is 2. The molecule has 4 heteroatoms. The van der Waals surface area contributed by atoms with Gasteiger partial charge < -0.3 is 4.42 Å². The number of furan rings is 1. The molecule has 19 heavy (non-hydrogen) atoms. The number of ketones is 1. The molecule has 0 fully saturated rings. The highest BCUT2D eigenvalue weighted by Crippen LogP contribution is 2.24. The number of carbonyl (C=O) groups excluding carboxylic acids is 1. The van der Waals surface area contributed by atoms with E-state index in [1.807, 2.05) is 25.1 Å². The van der Waals surface area contributed by atoms with Gasteiger partial charge in [0, 0.05) is 17.1 Å². The van der Waals surface area contributed by atoms with E-state index in [1.165, 1.54) is 6.20 Å². The molecule has 0 atom stereocenters. The first-order chi connectivity index (χ1) is 9.15. The minimum Gasteiger partial charge on any atom is -0.452 e. The van der Waals surface area contributed by atoms with Crippen LogP contribution in [0.1, 0.15) is 21.7 Å². The number of para-hydroxylation sites is 1. The molecule has 2 heterocycles. The molecule has 0 unspecified atom stereocenters. The first-order valence-corrected chi connectivity index (χ1v) is 5.79. The van der Waals surface area contributed by atoms with Crippen LogP contribution in [0.4, 0.5) is 4.39 Å². The molecule has 0 aliphatic heterocycles. The maximum Gasteiger partial charge on any atom is 0.229 e. The Morgan fingerprint density at radius 1 is 1.26 bits per heavy atom. The monoisotopic (exact) mass is 255 g/mol. The van der Waals surface area contributed by atoms with Crippen LogP contribution in [0.2, 0.25) is 0 Å². The Morgan fingerprint density at radius 2 is 2.11 bits per heavy atom. The Labute approximate surface area is 108 Å². The topological polar surface area (TPSA) is 43.1 Å². The number of benzene rings is 1. The predicted molar refractivity (Wildman–Crippen MR) is 68.6 cm³/mol. The van der Waals surface area contributed by atoms with Crippen molar-refractivity contribution in [3.05, 3.63) is 65.4 Å². The van der Waals surface area contributed by atoms with Gasteiger partial charge in [-0.05, 0) is 24.6 Å². The van der Waals surface area contributed by atoms with Crippen molar-refractivity contribution in [3.63, 3.8) is 0 Å². The number of nitrogens with zero attached hydrogens (tertiary/aromatic N) is 1. The molecule has 0 radical (unpaired) electrons. The second-order valence-electron chi connectivity index (χ2n) is 4.32. The molecule has 0 spiro atoms. The van der Waals surface area contributed by atoms with Crippen LogP contribution in [0.3, 0.4) is 0 Å². The molecule has 2 aromatic heterocycles. The van der Waals surface area contributed by atoms with Gasteiger partial charge in [0.25, 0.3) is 0 Å². The highest BCUT2D eigenvalue weighted by Gasteiger charge is 2.16. The molecular weight excluding hydrogens is 245 g/mol. The van der Waals surface area contributed by atoms with Gasteiger partial charge in [-0.3, -0.25) is 9.78 Å². The van der Waals surface area contributed by atoms with E-state index in [-0.39, 0.29) is 17.1 Å². The Morgan fingerprint density at radius 3 is 2.84 bits per heavy atom. The largest absolute Gasteiger partial charge is 0.452 e. The van der Waals surface area contributed by atoms with Crippen LogP contribution in [0.25, 0.3) is 11.0 Å². The van der Waals surface area contributed by atoms with Crippen molar-refractivity contribution >= 4 is 16.8 Å². The summed E-state index contributed by atoms with van der Waals surface area (Å²) in [5.74, 6) is -0.725. The number of pyridine rings is 1. The van der Waals surface area contributed by atoms with E-state index < -0.39 is 5.82 Å². The summed E-state index contributed by atoms with van der Waals surface area (Å²) in [4.78, 5) is 15.8. The van der Waals surface area contributed by atoms with E-state index in [9.17, 15) is 9.18 Å². The molecule has 0 aliphatic carbocycles. The van der Waals surface area contributed by atoms with E-state index in [0.29, 0.717) is 5.58 Å². The standard InChI is InChI=1S/C15H10FNO2/c1-9-3-2-4-10-6-13(19-15(9)10)14(18)11-5-12(16)8-17-7-11/h2-8H,1H3. The summed E-state index contributed by atoms with van der Waals surface area (Å²) >= 11 is 0. The second kappa shape index (κ2) is 4.31. The minimum atomic E-state index is -0.543. The molecule has 0 bridgehead atoms. The smallest absolute Gasteiger partial charge is 0.229 e. The third-order valence-corrected chi connectivity index (χ3v) is 2.93. The Balaban J connectivity index is 2.09. The maximum absolute atomic E-state index is 13.1. The van der Waals surface area contributed by atoms with E-state index in [1.54, 1.807) is 6.07 Å². The SMILES string of the molecule is Cc1cccc2cc(C(=O)c3cncc(F)c3)oc12. The van der Waals surface area contributed by atoms with Crippen molar-refractivity contribution < 1.29 is 13.6 Å². The van der Waals surface area contributed by atoms with Crippen LogP contribution in [0.5, 0.6) is 0 Å². The number of carbonyl (C=O) groups is 1. The third-order valence-electron chi connectivity index (χ3n) is 2.93. The van der Waals surface area contributed by atoms with Gasteiger partial charge in [-0.25, -0.2) is 4.39 Å². The fourth-order valence-corrected chi connectivity index (χ4v) is 2.00. The fraction of sp³-hybridized carbons (Fsp3) is 0.0667. The molecule has 1 aromatic carbocycles. The first-order valence-electron chi connectivity index (χ1n) is 5.79. The van der Waals surface area contributed by atoms with Gasteiger partial charge in [0.1, 0.15) is 11.4 Å². The average molecular weight is 255 g/mol. The van der Waals surface area contributed by atoms with Crippen LogP contribution in [0, 0.1) is 12.7 Å². The summed E-state index contributed by atoms with van der Waals surface area (Å²) in [6.45, 7) is 1.91. The molecular formula is C15H10FNO2. The summed E-state index contributed by atoms with van der Waals surface area (Å²) in [6.07, 6.45) is 2.38. The van der Waals surface area contributed by atoms with Crippen molar-refractivity contribution in [1.82, 2.24) is 4.98 Å². The quantitative estimate of drug-likeness (QED) is 0.658. The molecule has 94 valence electrons. The lowest BCUT2D eigenvalue weighted by Crippen LogP contribution is -2.00. The van der Waals surface area contributed by atoms with Crippen molar-refractivity contribution in [3.8, 4) is 0 Å². The van der Waals surface area contributed by atoms with Crippen LogP contribution >= 0.6 is 0 Å². The molecule has 3 nitrogen and oxygen atoms in total. The van der Waals surface area contributed by atoms with Crippen LogP contribution in [-0.4, -0.2) is 10.8 Å². The molecule has 0 N–H and O–H groups in total. The van der Waals surface area contributed by atoms with E-state index in [0.717, 1.165) is 23.2 Å². The van der Waals surface area contributed by atoms with Crippen LogP contribution < -0.4 is 0 Å². The zero-order valence-corrected chi connectivity index (χ0v) is 10.2. The zero-order chi connectivity index (χ0) is 13.4. The number of aryl methyl sites for hydroxylation is 1. The minimum absolute atomic E-state index is 0.178. The Bertz CT molecular complexity index is 777. The van der Waals surface area contributed by atoms with Crippen LogP contribution in [0.15, 0.2) is 47.1 Å². The summed E-state index contributed by atoms with van der Waals surface area (Å²) in [7, 11) is 0. The van der Waals surface area contributed by atoms with Crippen molar-refractivity contribution in [2.75, 3.05) is 0 Å². The van der Waals surface area contributed by atoms with E-state index in [4.69, 9.17) is 4.42 Å². The molecule has 0 saturated carbocycles. The summed E-state index contributed by atoms with van der Waals surface area (Å²) in [6, 6.07) is 8.48. The van der Waals surface area contributed by atoms with Crippen molar-refractivity contribution in [2.45, 2.75) is 6.92 Å². The second-order valence-corrected chi connectivity index (χ2v) is 4.32. The zero-order valence-electron chi connectivity index (χ0n) is 10.2. The molecule has 0 amide bonds. The maximum atomic E-state index is 13.1. The number of hydrogen-bond donors (Lipinski definition) is 0. The van der Waals surface area contributed by atoms with Crippen molar-refractivity contribution in [1.29, 1.82) is 0 Å². The van der Waals surface area contributed by atoms with Gasteiger partial charge in [0.2, 0.25) is 5.78 Å². The highest BCUT2D eigenvalue weighted by atomic mass is 19.1. The Kier molecular flexibility index (Phi) is 2.63. The van der Waals surface area contributed by atoms with Gasteiger partial charge in [-0.2, -0.15) is 0 Å². The van der Waals surface area contributed by atoms with Gasteiger partial charge in [0.15, 0.2) is 5.76 Å². The number of halogens is 1. The molecule has 3 aromatic rings. The van der Waals surface area contributed by atoms with Crippen LogP contribution in [-0.2, 0) is 0 Å². The van der Waals surface area contributed by atoms with Crippen molar-refractivity contribution in [2.24, 2.45) is 0 Å². The van der Waals surface area contributed by atoms with E-state index in [2.05, 4.69) is 4.98 Å². The van der Waals surface area contributed by atoms with Gasteiger partial charge in [0.05, 0.1) is 6.20 Å². The lowest BCUT2D eigenvalue weighted by atomic mass is 10.1. The number of fused-ring (bicyclic) bond motifs is 1.